The minimum atomic E-state index is -1.19. The number of rotatable bonds is 4. The van der Waals surface area contributed by atoms with Crippen LogP contribution < -0.4 is 10.9 Å². The molecule has 3 aromatic rings. The van der Waals surface area contributed by atoms with Crippen molar-refractivity contribution in [2.45, 2.75) is 40.7 Å². The second-order valence-corrected chi connectivity index (χ2v) is 7.77. The molecule has 1 aromatic carbocycles. The van der Waals surface area contributed by atoms with Crippen molar-refractivity contribution in [3.63, 3.8) is 0 Å². The number of carboxylic acid groups (broad SMARTS) is 1. The largest absolute Gasteiger partial charge is 0.478 e. The molecule has 7 nitrogen and oxygen atoms in total. The van der Waals surface area contributed by atoms with Gasteiger partial charge in [-0.1, -0.05) is 17.7 Å². The normalized spacial score (nSPS) is 12.2. The van der Waals surface area contributed by atoms with Gasteiger partial charge < -0.3 is 10.4 Å². The maximum Gasteiger partial charge on any atom is 0.337 e. The minimum Gasteiger partial charge on any atom is -0.478 e. The number of thiophene rings is 1. The van der Waals surface area contributed by atoms with Crippen LogP contribution in [0, 0.1) is 27.7 Å². The van der Waals surface area contributed by atoms with E-state index in [0.29, 0.717) is 16.3 Å². The van der Waals surface area contributed by atoms with E-state index in [2.05, 4.69) is 10.3 Å². The van der Waals surface area contributed by atoms with Gasteiger partial charge in [-0.3, -0.25) is 14.2 Å². The number of aromatic carboxylic acids is 1. The van der Waals surface area contributed by atoms with E-state index in [9.17, 15) is 19.5 Å². The zero-order valence-corrected chi connectivity index (χ0v) is 17.1. The molecule has 0 aliphatic carbocycles. The fraction of sp³-hybridized carbons (Fsp3) is 0.300. The molecule has 1 atom stereocenters. The molecule has 2 aromatic heterocycles. The molecular weight excluding hydrogens is 378 g/mol. The summed E-state index contributed by atoms with van der Waals surface area (Å²) in [6, 6.07) is 3.09. The second-order valence-electron chi connectivity index (χ2n) is 6.91. The Hall–Kier alpha value is -3.00. The van der Waals surface area contributed by atoms with Gasteiger partial charge in [-0.15, -0.1) is 11.3 Å². The first-order valence-electron chi connectivity index (χ1n) is 8.74. The number of carboxylic acids is 1. The highest BCUT2D eigenvalue weighted by Gasteiger charge is 2.24. The summed E-state index contributed by atoms with van der Waals surface area (Å²) in [7, 11) is 0. The first-order valence-corrected chi connectivity index (χ1v) is 9.62. The Balaban J connectivity index is 2.05. The SMILES string of the molecule is Cc1cc(C)c(NC(=O)C(C)n2c(C)nc3scc(C(=O)O)c3c2=O)c(C)c1. The maximum absolute atomic E-state index is 13.0. The van der Waals surface area contributed by atoms with Crippen molar-refractivity contribution in [1.82, 2.24) is 9.55 Å². The average Bonchev–Trinajstić information content (AvgIpc) is 3.01. The number of nitrogens with one attached hydrogen (secondary N) is 1. The summed E-state index contributed by atoms with van der Waals surface area (Å²) in [6.07, 6.45) is 0. The Kier molecular flexibility index (Phi) is 5.08. The van der Waals surface area contributed by atoms with Crippen LogP contribution in [0.1, 0.15) is 45.8 Å². The van der Waals surface area contributed by atoms with Crippen LogP contribution in [0.3, 0.4) is 0 Å². The fourth-order valence-electron chi connectivity index (χ4n) is 3.44. The molecule has 0 fully saturated rings. The van der Waals surface area contributed by atoms with Crippen LogP contribution in [-0.2, 0) is 4.79 Å². The highest BCUT2D eigenvalue weighted by atomic mass is 32.1. The Morgan fingerprint density at radius 1 is 1.18 bits per heavy atom. The molecule has 2 N–H and O–H groups in total. The Bertz CT molecular complexity index is 1150. The van der Waals surface area contributed by atoms with Crippen LogP contribution in [0.2, 0.25) is 0 Å². The molecule has 0 bridgehead atoms. The van der Waals surface area contributed by atoms with Gasteiger partial charge in [0.05, 0.1) is 10.9 Å². The second kappa shape index (κ2) is 7.20. The molecular formula is C20H21N3O4S. The standard InChI is InChI=1S/C20H21N3O4S/c1-9-6-10(2)16(11(3)7-9)22-17(24)12(4)23-13(5)21-18-15(19(23)25)14(8-28-18)20(26)27/h6-8,12H,1-5H3,(H,22,24)(H,26,27). The lowest BCUT2D eigenvalue weighted by Gasteiger charge is -2.19. The molecule has 146 valence electrons. The minimum absolute atomic E-state index is 0.0328. The molecule has 8 heteroatoms. The van der Waals surface area contributed by atoms with Crippen molar-refractivity contribution in [2.75, 3.05) is 5.32 Å². The summed E-state index contributed by atoms with van der Waals surface area (Å²) >= 11 is 1.10. The van der Waals surface area contributed by atoms with Gasteiger partial charge in [0.1, 0.15) is 16.7 Å². The van der Waals surface area contributed by atoms with Crippen LogP contribution in [0.4, 0.5) is 5.69 Å². The molecule has 2 heterocycles. The molecule has 0 radical (unpaired) electrons. The third-order valence-corrected chi connectivity index (χ3v) is 5.61. The van der Waals surface area contributed by atoms with E-state index >= 15 is 0 Å². The van der Waals surface area contributed by atoms with E-state index in [-0.39, 0.29) is 16.9 Å². The lowest BCUT2D eigenvalue weighted by Crippen LogP contribution is -2.34. The van der Waals surface area contributed by atoms with E-state index in [1.807, 2.05) is 32.9 Å². The maximum atomic E-state index is 13.0. The van der Waals surface area contributed by atoms with Crippen LogP contribution in [0.15, 0.2) is 22.3 Å². The van der Waals surface area contributed by atoms with Crippen LogP contribution in [0.25, 0.3) is 10.2 Å². The van der Waals surface area contributed by atoms with Gasteiger partial charge in [-0.25, -0.2) is 9.78 Å². The van der Waals surface area contributed by atoms with Crippen molar-refractivity contribution in [2.24, 2.45) is 0 Å². The monoisotopic (exact) mass is 399 g/mol. The number of carbonyl (C=O) groups excluding carboxylic acids is 1. The number of hydrogen-bond donors (Lipinski definition) is 2. The van der Waals surface area contributed by atoms with Crippen LogP contribution in [0.5, 0.6) is 0 Å². The first kappa shape index (κ1) is 19.8. The first-order chi connectivity index (χ1) is 13.1. The molecule has 0 saturated heterocycles. The van der Waals surface area contributed by atoms with Crippen molar-refractivity contribution in [3.8, 4) is 0 Å². The smallest absolute Gasteiger partial charge is 0.337 e. The molecule has 0 saturated carbocycles. The number of nitrogens with zero attached hydrogens (tertiary/aromatic N) is 2. The topological polar surface area (TPSA) is 101 Å². The van der Waals surface area contributed by atoms with Gasteiger partial charge >= 0.3 is 5.97 Å². The third-order valence-electron chi connectivity index (χ3n) is 4.74. The van der Waals surface area contributed by atoms with Crippen molar-refractivity contribution in [1.29, 1.82) is 0 Å². The number of carbonyl (C=O) groups is 2. The summed E-state index contributed by atoms with van der Waals surface area (Å²) in [5.74, 6) is -1.20. The molecule has 3 rings (SSSR count). The molecule has 28 heavy (non-hydrogen) atoms. The average molecular weight is 399 g/mol. The predicted molar refractivity (Wildman–Crippen MR) is 110 cm³/mol. The van der Waals surface area contributed by atoms with E-state index < -0.39 is 17.6 Å². The van der Waals surface area contributed by atoms with E-state index in [0.717, 1.165) is 28.0 Å². The zero-order chi connectivity index (χ0) is 20.7. The molecule has 0 aliphatic rings. The van der Waals surface area contributed by atoms with Crippen molar-refractivity contribution >= 4 is 39.1 Å². The summed E-state index contributed by atoms with van der Waals surface area (Å²) in [6.45, 7) is 9.04. The number of amides is 1. The van der Waals surface area contributed by atoms with Gasteiger partial charge in [0.15, 0.2) is 0 Å². The number of hydrogen-bond acceptors (Lipinski definition) is 5. The lowest BCUT2D eigenvalue weighted by atomic mass is 10.0. The van der Waals surface area contributed by atoms with E-state index in [1.165, 1.54) is 9.95 Å². The number of benzene rings is 1. The van der Waals surface area contributed by atoms with Crippen LogP contribution >= 0.6 is 11.3 Å². The zero-order valence-electron chi connectivity index (χ0n) is 16.3. The highest BCUT2D eigenvalue weighted by Crippen LogP contribution is 2.25. The Labute approximate surface area is 165 Å². The Morgan fingerprint density at radius 2 is 1.79 bits per heavy atom. The summed E-state index contributed by atoms with van der Waals surface area (Å²) in [4.78, 5) is 42.0. The predicted octanol–water partition coefficient (Wildman–Crippen LogP) is 3.59. The molecule has 0 aliphatic heterocycles. The summed E-state index contributed by atoms with van der Waals surface area (Å²) in [5, 5.41) is 13.7. The quantitative estimate of drug-likeness (QED) is 0.698. The lowest BCUT2D eigenvalue weighted by molar-refractivity contribution is -0.118. The number of anilines is 1. The number of fused-ring (bicyclic) bond motifs is 1. The van der Waals surface area contributed by atoms with Gasteiger partial charge in [0.2, 0.25) is 5.91 Å². The van der Waals surface area contributed by atoms with Crippen LogP contribution in [-0.4, -0.2) is 26.5 Å². The van der Waals surface area contributed by atoms with Crippen molar-refractivity contribution < 1.29 is 14.7 Å². The van der Waals surface area contributed by atoms with Gasteiger partial charge in [-0.2, -0.15) is 0 Å². The van der Waals surface area contributed by atoms with E-state index in [1.54, 1.807) is 13.8 Å². The molecule has 1 unspecified atom stereocenters. The molecule has 1 amide bonds. The highest BCUT2D eigenvalue weighted by molar-refractivity contribution is 7.17. The van der Waals surface area contributed by atoms with Gasteiger partial charge in [0.25, 0.3) is 5.56 Å². The Morgan fingerprint density at radius 3 is 2.36 bits per heavy atom. The number of aryl methyl sites for hydroxylation is 4. The molecule has 0 spiro atoms. The summed E-state index contributed by atoms with van der Waals surface area (Å²) < 4.78 is 1.25. The third kappa shape index (κ3) is 3.31. The summed E-state index contributed by atoms with van der Waals surface area (Å²) in [5.41, 5.74) is 3.05. The van der Waals surface area contributed by atoms with Crippen molar-refractivity contribution in [3.05, 3.63) is 55.9 Å². The number of aromatic nitrogens is 2. The van der Waals surface area contributed by atoms with Gasteiger partial charge in [0, 0.05) is 11.1 Å². The van der Waals surface area contributed by atoms with Gasteiger partial charge in [-0.05, 0) is 45.7 Å². The van der Waals surface area contributed by atoms with E-state index in [4.69, 9.17) is 0 Å². The fourth-order valence-corrected chi connectivity index (χ4v) is 4.39.